The van der Waals surface area contributed by atoms with Crippen LogP contribution in [0.25, 0.3) is 0 Å². The molecule has 0 saturated carbocycles. The lowest BCUT2D eigenvalue weighted by Crippen LogP contribution is -2.02. The Hall–Kier alpha value is 0.0300. The Morgan fingerprint density at radius 3 is 2.31 bits per heavy atom. The minimum Gasteiger partial charge on any atom is -0.396 e. The van der Waals surface area contributed by atoms with Crippen molar-refractivity contribution < 1.29 is 10.2 Å². The molecule has 0 fully saturated rings. The number of aliphatic hydroxyl groups is 2. The van der Waals surface area contributed by atoms with Crippen molar-refractivity contribution in [3.63, 3.8) is 0 Å². The minimum atomic E-state index is -0.670. The Kier molecular flexibility index (Phi) is 4.31. The van der Waals surface area contributed by atoms with Crippen LogP contribution in [0.4, 0.5) is 0 Å². The van der Waals surface area contributed by atoms with E-state index in [-0.39, 0.29) is 6.61 Å². The summed E-state index contributed by atoms with van der Waals surface area (Å²) in [4.78, 5) is 3.92. The van der Waals surface area contributed by atoms with Crippen LogP contribution in [0.1, 0.15) is 18.1 Å². The first-order valence-corrected chi connectivity index (χ1v) is 5.33. The van der Waals surface area contributed by atoms with Crippen LogP contribution in [-0.2, 0) is 0 Å². The third-order valence-corrected chi connectivity index (χ3v) is 2.89. The maximum atomic E-state index is 9.63. The number of nitrogens with zero attached hydrogens (tertiary/aromatic N) is 1. The topological polar surface area (TPSA) is 53.4 Å². The van der Waals surface area contributed by atoms with Crippen molar-refractivity contribution in [2.75, 3.05) is 6.61 Å². The fourth-order valence-corrected chi connectivity index (χ4v) is 2.46. The highest BCUT2D eigenvalue weighted by Gasteiger charge is 2.14. The monoisotopic (exact) mass is 309 g/mol. The molecule has 1 aromatic heterocycles. The largest absolute Gasteiger partial charge is 0.396 e. The van der Waals surface area contributed by atoms with E-state index in [1.807, 2.05) is 0 Å². The van der Waals surface area contributed by atoms with Crippen molar-refractivity contribution in [3.05, 3.63) is 26.9 Å². The zero-order valence-electron chi connectivity index (χ0n) is 6.74. The molecule has 13 heavy (non-hydrogen) atoms. The molecule has 5 heteroatoms. The van der Waals surface area contributed by atoms with E-state index in [0.29, 0.717) is 6.42 Å². The van der Waals surface area contributed by atoms with Crippen molar-refractivity contribution >= 4 is 31.9 Å². The highest BCUT2D eigenvalue weighted by molar-refractivity contribution is 9.11. The predicted molar refractivity (Wildman–Crippen MR) is 56.3 cm³/mol. The summed E-state index contributed by atoms with van der Waals surface area (Å²) in [5.74, 6) is 0. The molecule has 0 aliphatic heterocycles. The maximum Gasteiger partial charge on any atom is 0.0835 e. The molecule has 0 amide bonds. The Morgan fingerprint density at radius 2 is 1.85 bits per heavy atom. The number of hydrogen-bond donors (Lipinski definition) is 2. The summed E-state index contributed by atoms with van der Waals surface area (Å²) < 4.78 is 1.48. The average molecular weight is 311 g/mol. The normalized spacial score (nSPS) is 12.9. The van der Waals surface area contributed by atoms with Crippen LogP contribution in [-0.4, -0.2) is 21.8 Å². The maximum absolute atomic E-state index is 9.63. The Balaban J connectivity index is 2.98. The molecule has 0 aliphatic rings. The third-order valence-electron chi connectivity index (χ3n) is 1.63. The Bertz CT molecular complexity index is 273. The molecule has 0 radical (unpaired) electrons. The van der Waals surface area contributed by atoms with Gasteiger partial charge in [0.25, 0.3) is 0 Å². The van der Waals surface area contributed by atoms with Gasteiger partial charge in [-0.25, -0.2) is 0 Å². The summed E-state index contributed by atoms with van der Waals surface area (Å²) in [6.45, 7) is -0.0393. The number of hydrogen-bond acceptors (Lipinski definition) is 3. The highest BCUT2D eigenvalue weighted by Crippen LogP contribution is 2.31. The fraction of sp³-hybridized carbons (Fsp3) is 0.375. The molecule has 0 spiro atoms. The minimum absolute atomic E-state index is 0.0393. The molecular formula is C8H9Br2NO2. The molecule has 1 heterocycles. The molecule has 0 aliphatic carbocycles. The van der Waals surface area contributed by atoms with Gasteiger partial charge in [-0.1, -0.05) is 0 Å². The van der Waals surface area contributed by atoms with Gasteiger partial charge in [-0.05, 0) is 31.9 Å². The number of halogens is 2. The SMILES string of the molecule is OCCC(O)c1c(Br)cncc1Br. The standard InChI is InChI=1S/C8H9Br2NO2/c9-5-3-11-4-6(10)8(5)7(13)1-2-12/h3-4,7,12-13H,1-2H2. The van der Waals surface area contributed by atoms with Crippen molar-refractivity contribution in [1.29, 1.82) is 0 Å². The summed E-state index contributed by atoms with van der Waals surface area (Å²) >= 11 is 6.57. The van der Waals surface area contributed by atoms with E-state index in [4.69, 9.17) is 5.11 Å². The molecule has 1 unspecified atom stereocenters. The second kappa shape index (κ2) is 5.05. The second-order valence-electron chi connectivity index (χ2n) is 2.54. The van der Waals surface area contributed by atoms with Gasteiger partial charge in [0.1, 0.15) is 0 Å². The number of aliphatic hydroxyl groups excluding tert-OH is 2. The average Bonchev–Trinajstić information content (AvgIpc) is 2.04. The lowest BCUT2D eigenvalue weighted by molar-refractivity contribution is 0.133. The molecule has 0 bridgehead atoms. The van der Waals surface area contributed by atoms with Gasteiger partial charge in [-0.2, -0.15) is 0 Å². The van der Waals surface area contributed by atoms with Gasteiger partial charge in [-0.3, -0.25) is 4.98 Å². The van der Waals surface area contributed by atoms with Crippen LogP contribution in [0.2, 0.25) is 0 Å². The van der Waals surface area contributed by atoms with Crippen LogP contribution >= 0.6 is 31.9 Å². The molecule has 2 N–H and O–H groups in total. The van der Waals surface area contributed by atoms with Crippen LogP contribution in [0.15, 0.2) is 21.3 Å². The van der Waals surface area contributed by atoms with E-state index in [9.17, 15) is 5.11 Å². The van der Waals surface area contributed by atoms with Crippen LogP contribution in [0.3, 0.4) is 0 Å². The van der Waals surface area contributed by atoms with Crippen LogP contribution < -0.4 is 0 Å². The first kappa shape index (κ1) is 11.1. The van der Waals surface area contributed by atoms with E-state index < -0.39 is 6.10 Å². The lowest BCUT2D eigenvalue weighted by atomic mass is 10.1. The summed E-state index contributed by atoms with van der Waals surface area (Å²) in [5.41, 5.74) is 0.726. The van der Waals surface area contributed by atoms with Crippen molar-refractivity contribution in [2.24, 2.45) is 0 Å². The lowest BCUT2D eigenvalue weighted by Gasteiger charge is -2.12. The second-order valence-corrected chi connectivity index (χ2v) is 4.25. The molecule has 1 rings (SSSR count). The van der Waals surface area contributed by atoms with Crippen molar-refractivity contribution in [3.8, 4) is 0 Å². The molecule has 1 atom stereocenters. The van der Waals surface area contributed by atoms with E-state index >= 15 is 0 Å². The van der Waals surface area contributed by atoms with Crippen LogP contribution in [0.5, 0.6) is 0 Å². The summed E-state index contributed by atoms with van der Waals surface area (Å²) in [6, 6.07) is 0. The zero-order valence-corrected chi connectivity index (χ0v) is 9.92. The van der Waals surface area contributed by atoms with E-state index in [1.54, 1.807) is 12.4 Å². The van der Waals surface area contributed by atoms with E-state index in [0.717, 1.165) is 14.5 Å². The van der Waals surface area contributed by atoms with Gasteiger partial charge in [0.05, 0.1) is 6.10 Å². The molecule has 0 aromatic carbocycles. The number of aromatic nitrogens is 1. The quantitative estimate of drug-likeness (QED) is 0.898. The van der Waals surface area contributed by atoms with Gasteiger partial charge in [0.15, 0.2) is 0 Å². The zero-order chi connectivity index (χ0) is 9.84. The van der Waals surface area contributed by atoms with E-state index in [2.05, 4.69) is 36.8 Å². The molecule has 72 valence electrons. The van der Waals surface area contributed by atoms with Crippen molar-refractivity contribution in [1.82, 2.24) is 4.98 Å². The molecule has 3 nitrogen and oxygen atoms in total. The van der Waals surface area contributed by atoms with E-state index in [1.165, 1.54) is 0 Å². The predicted octanol–water partition coefficient (Wildman–Crippen LogP) is 2.02. The Morgan fingerprint density at radius 1 is 1.31 bits per heavy atom. The van der Waals surface area contributed by atoms with Crippen LogP contribution in [0, 0.1) is 0 Å². The van der Waals surface area contributed by atoms with Gasteiger partial charge in [0, 0.05) is 39.9 Å². The molecule has 0 saturated heterocycles. The first-order chi connectivity index (χ1) is 6.16. The fourth-order valence-electron chi connectivity index (χ4n) is 1.01. The van der Waals surface area contributed by atoms with Gasteiger partial charge < -0.3 is 10.2 Å². The smallest absolute Gasteiger partial charge is 0.0835 e. The summed E-state index contributed by atoms with van der Waals surface area (Å²) in [5, 5.41) is 18.3. The number of rotatable bonds is 3. The molecular weight excluding hydrogens is 302 g/mol. The first-order valence-electron chi connectivity index (χ1n) is 3.74. The highest BCUT2D eigenvalue weighted by atomic mass is 79.9. The van der Waals surface area contributed by atoms with Crippen molar-refractivity contribution in [2.45, 2.75) is 12.5 Å². The third kappa shape index (κ3) is 2.74. The van der Waals surface area contributed by atoms with Gasteiger partial charge in [-0.15, -0.1) is 0 Å². The number of pyridine rings is 1. The van der Waals surface area contributed by atoms with Gasteiger partial charge in [0.2, 0.25) is 0 Å². The summed E-state index contributed by atoms with van der Waals surface area (Å²) in [7, 11) is 0. The van der Waals surface area contributed by atoms with Gasteiger partial charge >= 0.3 is 0 Å². The Labute approximate surface area is 93.1 Å². The summed E-state index contributed by atoms with van der Waals surface area (Å²) in [6.07, 6.45) is 2.87. The molecule has 1 aromatic rings.